The molecule has 7 nitrogen and oxygen atoms in total. The van der Waals surface area contributed by atoms with Crippen LogP contribution in [0.25, 0.3) is 6.08 Å². The highest BCUT2D eigenvalue weighted by molar-refractivity contribution is 6.10. The highest BCUT2D eigenvalue weighted by Crippen LogP contribution is 2.23. The Labute approximate surface area is 179 Å². The van der Waals surface area contributed by atoms with Crippen LogP contribution in [0.2, 0.25) is 0 Å². The summed E-state index contributed by atoms with van der Waals surface area (Å²) < 4.78 is 5.78. The Kier molecular flexibility index (Phi) is 6.76. The second-order valence-electron chi connectivity index (χ2n) is 6.73. The average molecular weight is 413 g/mol. The van der Waals surface area contributed by atoms with Crippen LogP contribution in [0.5, 0.6) is 5.75 Å². The van der Waals surface area contributed by atoms with Gasteiger partial charge in [0.2, 0.25) is 0 Å². The molecule has 0 heterocycles. The summed E-state index contributed by atoms with van der Waals surface area (Å²) in [4.78, 5) is 23.0. The Morgan fingerprint density at radius 2 is 1.90 bits per heavy atom. The van der Waals surface area contributed by atoms with Gasteiger partial charge in [-0.1, -0.05) is 48.5 Å². The van der Waals surface area contributed by atoms with Crippen molar-refractivity contribution in [3.63, 3.8) is 0 Å². The third-order valence-electron chi connectivity index (χ3n) is 4.46. The summed E-state index contributed by atoms with van der Waals surface area (Å²) in [5, 5.41) is 23.0. The largest absolute Gasteiger partial charge is 0.489 e. The fourth-order valence-electron chi connectivity index (χ4n) is 2.80. The molecule has 1 amide bonds. The Morgan fingerprint density at radius 1 is 1.13 bits per heavy atom. The number of benzene rings is 3. The Hall–Kier alpha value is -4.44. The number of nitrogens with zero attached hydrogens (tertiary/aromatic N) is 2. The monoisotopic (exact) mass is 413 g/mol. The molecule has 31 heavy (non-hydrogen) atoms. The number of nitrogens with one attached hydrogen (secondary N) is 1. The molecule has 0 aliphatic heterocycles. The maximum Gasteiger partial charge on any atom is 0.271 e. The van der Waals surface area contributed by atoms with Crippen molar-refractivity contribution in [2.45, 2.75) is 13.5 Å². The smallest absolute Gasteiger partial charge is 0.271 e. The number of nitro benzene ring substituents is 1. The lowest BCUT2D eigenvalue weighted by Crippen LogP contribution is -2.14. The van der Waals surface area contributed by atoms with Crippen LogP contribution in [0, 0.1) is 28.4 Å². The van der Waals surface area contributed by atoms with Crippen molar-refractivity contribution in [3.05, 3.63) is 105 Å². The van der Waals surface area contributed by atoms with E-state index in [1.165, 1.54) is 24.3 Å². The van der Waals surface area contributed by atoms with Crippen molar-refractivity contribution in [2.75, 3.05) is 5.32 Å². The summed E-state index contributed by atoms with van der Waals surface area (Å²) in [6.45, 7) is 2.11. The summed E-state index contributed by atoms with van der Waals surface area (Å²) in [5.41, 5.74) is 2.28. The van der Waals surface area contributed by atoms with Gasteiger partial charge in [-0.3, -0.25) is 14.9 Å². The average Bonchev–Trinajstić information content (AvgIpc) is 2.78. The van der Waals surface area contributed by atoms with E-state index in [1.54, 1.807) is 31.2 Å². The van der Waals surface area contributed by atoms with Gasteiger partial charge < -0.3 is 10.1 Å². The standard InChI is InChI=1S/C24H19N3O4/c1-17-10-11-21(27(29)30)14-23(17)26-24(28)20(15-25)12-19-8-5-9-22(13-19)31-16-18-6-3-2-4-7-18/h2-14H,16H2,1H3,(H,26,28). The minimum Gasteiger partial charge on any atom is -0.489 e. The fourth-order valence-corrected chi connectivity index (χ4v) is 2.80. The summed E-state index contributed by atoms with van der Waals surface area (Å²) in [6, 6.07) is 22.8. The number of carbonyl (C=O) groups excluding carboxylic acids is 1. The first kappa shape index (κ1) is 21.3. The molecule has 0 aliphatic rings. The molecular formula is C24H19N3O4. The molecule has 3 aromatic carbocycles. The van der Waals surface area contributed by atoms with Gasteiger partial charge in [0.05, 0.1) is 10.6 Å². The number of carbonyl (C=O) groups is 1. The number of nitro groups is 1. The van der Waals surface area contributed by atoms with Crippen molar-refractivity contribution in [3.8, 4) is 11.8 Å². The SMILES string of the molecule is Cc1ccc([N+](=O)[O-])cc1NC(=O)C(C#N)=Cc1cccc(OCc2ccccc2)c1. The topological polar surface area (TPSA) is 105 Å². The molecule has 3 rings (SSSR count). The highest BCUT2D eigenvalue weighted by Gasteiger charge is 2.14. The van der Waals surface area contributed by atoms with E-state index in [4.69, 9.17) is 4.74 Å². The van der Waals surface area contributed by atoms with Crippen LogP contribution in [0.1, 0.15) is 16.7 Å². The molecule has 0 radical (unpaired) electrons. The first-order valence-corrected chi connectivity index (χ1v) is 9.41. The van der Waals surface area contributed by atoms with E-state index in [1.807, 2.05) is 36.4 Å². The number of aryl methyl sites for hydroxylation is 1. The zero-order valence-corrected chi connectivity index (χ0v) is 16.7. The van der Waals surface area contributed by atoms with E-state index in [-0.39, 0.29) is 16.9 Å². The minimum atomic E-state index is -0.651. The van der Waals surface area contributed by atoms with Gasteiger partial charge in [0.25, 0.3) is 11.6 Å². The van der Waals surface area contributed by atoms with E-state index in [2.05, 4.69) is 5.32 Å². The van der Waals surface area contributed by atoms with Crippen LogP contribution < -0.4 is 10.1 Å². The molecule has 154 valence electrons. The molecule has 0 saturated heterocycles. The third-order valence-corrected chi connectivity index (χ3v) is 4.46. The van der Waals surface area contributed by atoms with Crippen molar-refractivity contribution in [2.24, 2.45) is 0 Å². The van der Waals surface area contributed by atoms with Gasteiger partial charge in [0.15, 0.2) is 0 Å². The number of anilines is 1. The Bertz CT molecular complexity index is 1180. The molecule has 1 N–H and O–H groups in total. The van der Waals surface area contributed by atoms with Crippen molar-refractivity contribution >= 4 is 23.4 Å². The maximum atomic E-state index is 12.6. The molecule has 0 aliphatic carbocycles. The molecule has 0 bridgehead atoms. The van der Waals surface area contributed by atoms with Crippen molar-refractivity contribution in [1.29, 1.82) is 5.26 Å². The van der Waals surface area contributed by atoms with Gasteiger partial charge in [-0.05, 0) is 41.8 Å². The molecule has 7 heteroatoms. The van der Waals surface area contributed by atoms with Gasteiger partial charge >= 0.3 is 0 Å². The first-order valence-electron chi connectivity index (χ1n) is 9.41. The number of hydrogen-bond acceptors (Lipinski definition) is 5. The summed E-state index contributed by atoms with van der Waals surface area (Å²) in [7, 11) is 0. The number of amides is 1. The van der Waals surface area contributed by atoms with E-state index >= 15 is 0 Å². The number of nitriles is 1. The summed E-state index contributed by atoms with van der Waals surface area (Å²) in [5.74, 6) is -0.0495. The Balaban J connectivity index is 1.75. The van der Waals surface area contributed by atoms with Crippen LogP contribution in [-0.4, -0.2) is 10.8 Å². The molecule has 0 saturated carbocycles. The predicted octanol–water partition coefficient (Wildman–Crippen LogP) is 5.03. The van der Waals surface area contributed by atoms with Crippen LogP contribution >= 0.6 is 0 Å². The lowest BCUT2D eigenvalue weighted by molar-refractivity contribution is -0.384. The molecule has 0 fully saturated rings. The Morgan fingerprint density at radius 3 is 2.61 bits per heavy atom. The van der Waals surface area contributed by atoms with Gasteiger partial charge in [0, 0.05) is 12.1 Å². The molecular weight excluding hydrogens is 394 g/mol. The summed E-state index contributed by atoms with van der Waals surface area (Å²) >= 11 is 0. The lowest BCUT2D eigenvalue weighted by atomic mass is 10.1. The summed E-state index contributed by atoms with van der Waals surface area (Å²) in [6.07, 6.45) is 1.44. The van der Waals surface area contributed by atoms with Crippen LogP contribution in [0.15, 0.2) is 78.4 Å². The second kappa shape index (κ2) is 9.85. The minimum absolute atomic E-state index is 0.133. The number of rotatable bonds is 7. The molecule has 0 aromatic heterocycles. The number of ether oxygens (including phenoxy) is 1. The predicted molar refractivity (Wildman–Crippen MR) is 117 cm³/mol. The number of hydrogen-bond donors (Lipinski definition) is 1. The highest BCUT2D eigenvalue weighted by atomic mass is 16.6. The molecule has 0 spiro atoms. The van der Waals surface area contributed by atoms with E-state index in [9.17, 15) is 20.2 Å². The lowest BCUT2D eigenvalue weighted by Gasteiger charge is -2.08. The van der Waals surface area contributed by atoms with E-state index in [0.29, 0.717) is 23.5 Å². The van der Waals surface area contributed by atoms with Gasteiger partial charge in [-0.2, -0.15) is 5.26 Å². The normalized spacial score (nSPS) is 10.8. The first-order chi connectivity index (χ1) is 15.0. The van der Waals surface area contributed by atoms with Crippen LogP contribution in [0.4, 0.5) is 11.4 Å². The maximum absolute atomic E-state index is 12.6. The van der Waals surface area contributed by atoms with E-state index < -0.39 is 10.8 Å². The van der Waals surface area contributed by atoms with Crippen LogP contribution in [-0.2, 0) is 11.4 Å². The van der Waals surface area contributed by atoms with Crippen molar-refractivity contribution in [1.82, 2.24) is 0 Å². The fraction of sp³-hybridized carbons (Fsp3) is 0.0833. The zero-order valence-electron chi connectivity index (χ0n) is 16.7. The molecule has 0 unspecified atom stereocenters. The third kappa shape index (κ3) is 5.78. The van der Waals surface area contributed by atoms with Crippen molar-refractivity contribution < 1.29 is 14.5 Å². The number of non-ortho nitro benzene ring substituents is 1. The van der Waals surface area contributed by atoms with Gasteiger partial charge in [-0.25, -0.2) is 0 Å². The van der Waals surface area contributed by atoms with Gasteiger partial charge in [-0.15, -0.1) is 0 Å². The van der Waals surface area contributed by atoms with Crippen LogP contribution in [0.3, 0.4) is 0 Å². The molecule has 3 aromatic rings. The second-order valence-corrected chi connectivity index (χ2v) is 6.73. The quantitative estimate of drug-likeness (QED) is 0.253. The van der Waals surface area contributed by atoms with E-state index in [0.717, 1.165) is 5.56 Å². The molecule has 0 atom stereocenters. The van der Waals surface area contributed by atoms with Gasteiger partial charge in [0.1, 0.15) is 24.0 Å². The zero-order chi connectivity index (χ0) is 22.2.